The minimum Gasteiger partial charge on any atom is -0.382 e. The summed E-state index contributed by atoms with van der Waals surface area (Å²) in [5.41, 5.74) is 6.71. The van der Waals surface area contributed by atoms with Gasteiger partial charge in [-0.3, -0.25) is 4.57 Å². The smallest absolute Gasteiger partial charge is 0.382 e. The molecular weight excluding hydrogens is 296 g/mol. The number of ether oxygens (including phenoxy) is 1. The molecule has 0 aliphatic carbocycles. The van der Waals surface area contributed by atoms with Crippen LogP contribution in [0.15, 0.2) is 12.7 Å². The fourth-order valence-electron chi connectivity index (χ4n) is 1.62. The Labute approximate surface area is 137 Å². The second kappa shape index (κ2) is 6.95. The van der Waals surface area contributed by atoms with E-state index < -0.39 is 13.9 Å². The molecule has 20 heavy (non-hydrogen) atoms. The Hall–Kier alpha value is -0.540. The molecule has 2 aromatic heterocycles. The van der Waals surface area contributed by atoms with Crippen LogP contribution in [0, 0.1) is 0 Å². The largest absolute Gasteiger partial charge is 1.00 e. The molecule has 0 saturated heterocycles. The van der Waals surface area contributed by atoms with Gasteiger partial charge in [0.1, 0.15) is 18.2 Å². The molecule has 4 N–H and O–H groups in total. The van der Waals surface area contributed by atoms with Crippen LogP contribution in [0.5, 0.6) is 0 Å². The molecule has 104 valence electrons. The first-order valence-electron chi connectivity index (χ1n) is 5.44. The third kappa shape index (κ3) is 4.23. The van der Waals surface area contributed by atoms with Crippen molar-refractivity contribution in [3.05, 3.63) is 12.7 Å². The first kappa shape index (κ1) is 17.5. The second-order valence-electron chi connectivity index (χ2n) is 4.10. The zero-order valence-corrected chi connectivity index (χ0v) is 14.1. The third-order valence-corrected chi connectivity index (χ3v) is 3.00. The molecule has 0 aliphatic rings. The summed E-state index contributed by atoms with van der Waals surface area (Å²) in [4.78, 5) is 29.4. The molecule has 1 atom stereocenters. The van der Waals surface area contributed by atoms with Crippen LogP contribution in [-0.4, -0.2) is 42.3 Å². The SMILES string of the molecule is C[C@@H](COCP(=O)(O)O)n1cnc2c(N)ncnc21.[Na+]. The van der Waals surface area contributed by atoms with Crippen LogP contribution in [0.3, 0.4) is 0 Å². The van der Waals surface area contributed by atoms with E-state index in [9.17, 15) is 4.57 Å². The summed E-state index contributed by atoms with van der Waals surface area (Å²) in [6.45, 7) is 1.94. The number of hydrogen-bond donors (Lipinski definition) is 3. The van der Waals surface area contributed by atoms with Gasteiger partial charge in [0.05, 0.1) is 19.0 Å². The quantitative estimate of drug-likeness (QED) is 0.396. The second-order valence-corrected chi connectivity index (χ2v) is 5.68. The van der Waals surface area contributed by atoms with E-state index in [0.29, 0.717) is 11.2 Å². The number of nitrogen functional groups attached to an aromatic ring is 1. The molecule has 2 aromatic rings. The monoisotopic (exact) mass is 310 g/mol. The van der Waals surface area contributed by atoms with Gasteiger partial charge in [0.2, 0.25) is 0 Å². The van der Waals surface area contributed by atoms with Crippen molar-refractivity contribution < 1.29 is 48.6 Å². The fraction of sp³-hybridized carbons (Fsp3) is 0.444. The van der Waals surface area contributed by atoms with Crippen LogP contribution in [0.4, 0.5) is 5.82 Å². The Balaban J connectivity index is 0.00000200. The van der Waals surface area contributed by atoms with Crippen molar-refractivity contribution >= 4 is 24.6 Å². The van der Waals surface area contributed by atoms with E-state index in [1.54, 1.807) is 10.9 Å². The van der Waals surface area contributed by atoms with Gasteiger partial charge in [0, 0.05) is 0 Å². The molecule has 2 rings (SSSR count). The van der Waals surface area contributed by atoms with Gasteiger partial charge in [-0.15, -0.1) is 0 Å². The molecule has 0 bridgehead atoms. The van der Waals surface area contributed by atoms with Gasteiger partial charge in [0.15, 0.2) is 11.5 Å². The molecule has 9 nitrogen and oxygen atoms in total. The van der Waals surface area contributed by atoms with Crippen molar-refractivity contribution in [3.8, 4) is 0 Å². The maximum absolute atomic E-state index is 10.7. The Morgan fingerprint density at radius 2 is 2.15 bits per heavy atom. The number of nitrogens with zero attached hydrogens (tertiary/aromatic N) is 4. The third-order valence-electron chi connectivity index (χ3n) is 2.48. The number of hydrogen-bond acceptors (Lipinski definition) is 6. The topological polar surface area (TPSA) is 136 Å². The molecular formula is C9H14N5NaO4P+. The first-order chi connectivity index (χ1) is 8.88. The molecule has 0 spiro atoms. The van der Waals surface area contributed by atoms with E-state index >= 15 is 0 Å². The van der Waals surface area contributed by atoms with Crippen LogP contribution < -0.4 is 35.3 Å². The molecule has 11 heteroatoms. The molecule has 0 saturated carbocycles. The maximum Gasteiger partial charge on any atom is 1.00 e. The van der Waals surface area contributed by atoms with Crippen LogP contribution in [0.1, 0.15) is 13.0 Å². The zero-order valence-electron chi connectivity index (χ0n) is 11.2. The van der Waals surface area contributed by atoms with Gasteiger partial charge < -0.3 is 24.8 Å². The minimum atomic E-state index is -4.15. The summed E-state index contributed by atoms with van der Waals surface area (Å²) in [5.74, 6) is 0.284. The number of anilines is 1. The van der Waals surface area contributed by atoms with Gasteiger partial charge in [-0.1, -0.05) is 0 Å². The van der Waals surface area contributed by atoms with Gasteiger partial charge in [0.25, 0.3) is 0 Å². The van der Waals surface area contributed by atoms with Gasteiger partial charge in [-0.2, -0.15) is 0 Å². The predicted molar refractivity (Wildman–Crippen MR) is 67.3 cm³/mol. The molecule has 0 radical (unpaired) electrons. The van der Waals surface area contributed by atoms with Crippen LogP contribution in [-0.2, 0) is 9.30 Å². The van der Waals surface area contributed by atoms with E-state index in [1.807, 2.05) is 6.92 Å². The van der Waals surface area contributed by atoms with Crippen molar-refractivity contribution in [2.24, 2.45) is 0 Å². The Morgan fingerprint density at radius 1 is 1.45 bits per heavy atom. The Bertz CT molecular complexity index is 630. The van der Waals surface area contributed by atoms with Crippen molar-refractivity contribution in [3.63, 3.8) is 0 Å². The first-order valence-corrected chi connectivity index (χ1v) is 7.23. The van der Waals surface area contributed by atoms with E-state index in [1.165, 1.54) is 6.33 Å². The number of fused-ring (bicyclic) bond motifs is 1. The van der Waals surface area contributed by atoms with E-state index in [0.717, 1.165) is 0 Å². The predicted octanol–water partition coefficient (Wildman–Crippen LogP) is -2.87. The molecule has 2 heterocycles. The molecule has 0 aromatic carbocycles. The van der Waals surface area contributed by atoms with Crippen molar-refractivity contribution in [1.82, 2.24) is 19.5 Å². The molecule has 0 unspecified atom stereocenters. The average Bonchev–Trinajstić information content (AvgIpc) is 2.72. The number of imidazole rings is 1. The normalized spacial score (nSPS) is 13.2. The van der Waals surface area contributed by atoms with Gasteiger partial charge in [-0.25, -0.2) is 15.0 Å². The molecule has 0 aliphatic heterocycles. The summed E-state index contributed by atoms with van der Waals surface area (Å²) in [6, 6.07) is -0.189. The Morgan fingerprint density at radius 3 is 2.80 bits per heavy atom. The summed E-state index contributed by atoms with van der Waals surface area (Å²) in [7, 11) is -4.15. The van der Waals surface area contributed by atoms with Crippen molar-refractivity contribution in [1.29, 1.82) is 0 Å². The number of aromatic nitrogens is 4. The summed E-state index contributed by atoms with van der Waals surface area (Å²) >= 11 is 0. The standard InChI is InChI=1S/C9H14N5O4P.Na/c1-6(2-18-5-19(15,16)17)14-4-13-7-8(10)11-3-12-9(7)14;/h3-4,6H,2,5H2,1H3,(H2,10,11,12)(H2,15,16,17);/q;+1/t6-;/m0./s1. The zero-order chi connectivity index (χ0) is 14.0. The molecule has 0 amide bonds. The van der Waals surface area contributed by atoms with E-state index in [2.05, 4.69) is 15.0 Å². The van der Waals surface area contributed by atoms with Crippen molar-refractivity contribution in [2.45, 2.75) is 13.0 Å². The number of nitrogens with two attached hydrogens (primary N) is 1. The van der Waals surface area contributed by atoms with E-state index in [-0.39, 0.29) is 48.0 Å². The van der Waals surface area contributed by atoms with Crippen LogP contribution >= 0.6 is 7.60 Å². The molecule has 0 fully saturated rings. The van der Waals surface area contributed by atoms with Gasteiger partial charge >= 0.3 is 37.2 Å². The summed E-state index contributed by atoms with van der Waals surface area (Å²) in [5, 5.41) is 0. The van der Waals surface area contributed by atoms with Crippen LogP contribution in [0.25, 0.3) is 11.2 Å². The average molecular weight is 310 g/mol. The number of rotatable bonds is 5. The fourth-order valence-corrected chi connectivity index (χ4v) is 1.96. The Kier molecular flexibility index (Phi) is 6.08. The minimum absolute atomic E-state index is 0. The maximum atomic E-state index is 10.7. The van der Waals surface area contributed by atoms with Crippen LogP contribution in [0.2, 0.25) is 0 Å². The van der Waals surface area contributed by atoms with E-state index in [4.69, 9.17) is 20.3 Å². The summed E-state index contributed by atoms with van der Waals surface area (Å²) in [6.07, 6.45) is 2.27. The van der Waals surface area contributed by atoms with Crippen molar-refractivity contribution in [2.75, 3.05) is 18.7 Å². The summed E-state index contributed by atoms with van der Waals surface area (Å²) < 4.78 is 17.4. The van der Waals surface area contributed by atoms with Gasteiger partial charge in [-0.05, 0) is 6.92 Å².